The van der Waals surface area contributed by atoms with Crippen LogP contribution >= 0.6 is 0 Å². The molecule has 0 aliphatic carbocycles. The van der Waals surface area contributed by atoms with Gasteiger partial charge < -0.3 is 9.80 Å². The van der Waals surface area contributed by atoms with Gasteiger partial charge >= 0.3 is 0 Å². The summed E-state index contributed by atoms with van der Waals surface area (Å²) in [4.78, 5) is 4.68. The third-order valence-electron chi connectivity index (χ3n) is 3.22. The molecule has 0 aromatic heterocycles. The molecule has 0 bridgehead atoms. The molecule has 0 spiro atoms. The lowest BCUT2D eigenvalue weighted by molar-refractivity contribution is 0.313. The molecular formula is C13H19FN2. The number of likely N-dealkylation sites (N-methyl/N-ethyl adjacent to an activating group) is 1. The normalized spacial score (nSPS) is 19.8. The lowest BCUT2D eigenvalue weighted by atomic mass is 10.1. The van der Waals surface area contributed by atoms with E-state index in [-0.39, 0.29) is 0 Å². The van der Waals surface area contributed by atoms with E-state index < -0.39 is 6.17 Å². The first-order chi connectivity index (χ1) is 7.66. The van der Waals surface area contributed by atoms with Crippen molar-refractivity contribution < 1.29 is 4.39 Å². The lowest BCUT2D eigenvalue weighted by Gasteiger charge is -2.34. The molecule has 0 saturated carbocycles. The van der Waals surface area contributed by atoms with Gasteiger partial charge in [-0.2, -0.15) is 0 Å². The molecular weight excluding hydrogens is 203 g/mol. The number of piperazine rings is 1. The fraction of sp³-hybridized carbons (Fsp3) is 0.538. The summed E-state index contributed by atoms with van der Waals surface area (Å²) in [5.41, 5.74) is 1.97. The summed E-state index contributed by atoms with van der Waals surface area (Å²) in [6.45, 7) is 5.88. The molecule has 1 aliphatic rings. The second-order valence-electron chi connectivity index (χ2n) is 4.50. The van der Waals surface area contributed by atoms with Crippen molar-refractivity contribution in [3.63, 3.8) is 0 Å². The van der Waals surface area contributed by atoms with Crippen molar-refractivity contribution in [1.82, 2.24) is 4.90 Å². The predicted molar refractivity (Wildman–Crippen MR) is 65.7 cm³/mol. The van der Waals surface area contributed by atoms with Crippen molar-refractivity contribution in [2.45, 2.75) is 13.1 Å². The standard InChI is InChI=1S/C13H19FN2/c1-11(14)12-3-5-13(6-4-12)16-9-7-15(2)8-10-16/h3-6,11H,7-10H2,1-2H3. The van der Waals surface area contributed by atoms with Gasteiger partial charge in [0.05, 0.1) is 0 Å². The molecule has 1 aromatic rings. The minimum absolute atomic E-state index is 0.762. The molecule has 0 N–H and O–H groups in total. The van der Waals surface area contributed by atoms with Crippen LogP contribution in [0.25, 0.3) is 0 Å². The summed E-state index contributed by atoms with van der Waals surface area (Å²) in [6, 6.07) is 7.82. The number of nitrogens with zero attached hydrogens (tertiary/aromatic N) is 2. The van der Waals surface area contributed by atoms with E-state index in [4.69, 9.17) is 0 Å². The van der Waals surface area contributed by atoms with Crippen LogP contribution in [-0.2, 0) is 0 Å². The first-order valence-electron chi connectivity index (χ1n) is 5.84. The lowest BCUT2D eigenvalue weighted by Crippen LogP contribution is -2.44. The fourth-order valence-corrected chi connectivity index (χ4v) is 2.01. The molecule has 1 saturated heterocycles. The maximum atomic E-state index is 13.0. The maximum Gasteiger partial charge on any atom is 0.122 e. The van der Waals surface area contributed by atoms with Crippen LogP contribution in [0.15, 0.2) is 24.3 Å². The van der Waals surface area contributed by atoms with Gasteiger partial charge in [-0.15, -0.1) is 0 Å². The highest BCUT2D eigenvalue weighted by Gasteiger charge is 2.14. The fourth-order valence-electron chi connectivity index (χ4n) is 2.01. The van der Waals surface area contributed by atoms with Crippen molar-refractivity contribution >= 4 is 5.69 Å². The maximum absolute atomic E-state index is 13.0. The highest BCUT2D eigenvalue weighted by atomic mass is 19.1. The Bertz CT molecular complexity index is 326. The second kappa shape index (κ2) is 4.83. The number of alkyl halides is 1. The Morgan fingerprint density at radius 3 is 2.12 bits per heavy atom. The molecule has 1 aliphatic heterocycles. The van der Waals surface area contributed by atoms with Crippen LogP contribution in [0.1, 0.15) is 18.7 Å². The van der Waals surface area contributed by atoms with E-state index in [0.29, 0.717) is 0 Å². The average Bonchev–Trinajstić information content (AvgIpc) is 2.30. The van der Waals surface area contributed by atoms with Crippen LogP contribution in [0.3, 0.4) is 0 Å². The number of hydrogen-bond donors (Lipinski definition) is 0. The molecule has 0 amide bonds. The van der Waals surface area contributed by atoms with Crippen LogP contribution in [0.2, 0.25) is 0 Å². The molecule has 88 valence electrons. The second-order valence-corrected chi connectivity index (χ2v) is 4.50. The van der Waals surface area contributed by atoms with Gasteiger partial charge in [0.15, 0.2) is 0 Å². The Labute approximate surface area is 96.7 Å². The van der Waals surface area contributed by atoms with E-state index in [2.05, 4.69) is 16.8 Å². The van der Waals surface area contributed by atoms with Crippen molar-refractivity contribution in [1.29, 1.82) is 0 Å². The first-order valence-corrected chi connectivity index (χ1v) is 5.84. The van der Waals surface area contributed by atoms with Gasteiger partial charge in [-0.3, -0.25) is 0 Å². The number of anilines is 1. The zero-order valence-electron chi connectivity index (χ0n) is 9.99. The van der Waals surface area contributed by atoms with E-state index in [1.807, 2.05) is 24.3 Å². The molecule has 1 aromatic carbocycles. The smallest absolute Gasteiger partial charge is 0.122 e. The third kappa shape index (κ3) is 2.53. The van der Waals surface area contributed by atoms with Crippen molar-refractivity contribution in [2.24, 2.45) is 0 Å². The summed E-state index contributed by atoms with van der Waals surface area (Å²) in [5.74, 6) is 0. The summed E-state index contributed by atoms with van der Waals surface area (Å²) < 4.78 is 13.0. The summed E-state index contributed by atoms with van der Waals surface area (Å²) in [7, 11) is 2.14. The van der Waals surface area contributed by atoms with Gasteiger partial charge in [0.2, 0.25) is 0 Å². The van der Waals surface area contributed by atoms with Crippen LogP contribution in [0, 0.1) is 0 Å². The Balaban J connectivity index is 2.04. The summed E-state index contributed by atoms with van der Waals surface area (Å²) in [6.07, 6.45) is -0.874. The summed E-state index contributed by atoms with van der Waals surface area (Å²) >= 11 is 0. The van der Waals surface area contributed by atoms with Crippen molar-refractivity contribution in [3.8, 4) is 0 Å². The number of benzene rings is 1. The average molecular weight is 222 g/mol. The molecule has 2 rings (SSSR count). The van der Waals surface area contributed by atoms with E-state index in [0.717, 1.165) is 31.7 Å². The predicted octanol–water partition coefficient (Wildman–Crippen LogP) is 2.47. The van der Waals surface area contributed by atoms with E-state index >= 15 is 0 Å². The Hall–Kier alpha value is -1.09. The largest absolute Gasteiger partial charge is 0.369 e. The van der Waals surface area contributed by atoms with Gasteiger partial charge in [-0.05, 0) is 31.7 Å². The molecule has 0 radical (unpaired) electrons. The quantitative estimate of drug-likeness (QED) is 0.758. The monoisotopic (exact) mass is 222 g/mol. The van der Waals surface area contributed by atoms with Crippen LogP contribution in [-0.4, -0.2) is 38.1 Å². The zero-order chi connectivity index (χ0) is 11.5. The van der Waals surface area contributed by atoms with E-state index in [1.54, 1.807) is 6.92 Å². The first kappa shape index (κ1) is 11.4. The van der Waals surface area contributed by atoms with Gasteiger partial charge in [0, 0.05) is 31.9 Å². The SMILES string of the molecule is CC(F)c1ccc(N2CCN(C)CC2)cc1. The molecule has 1 fully saturated rings. The Kier molecular flexibility index (Phi) is 3.44. The van der Waals surface area contributed by atoms with E-state index in [1.165, 1.54) is 5.69 Å². The van der Waals surface area contributed by atoms with Gasteiger partial charge in [0.25, 0.3) is 0 Å². The minimum atomic E-state index is -0.874. The van der Waals surface area contributed by atoms with Gasteiger partial charge in [-0.1, -0.05) is 12.1 Å². The van der Waals surface area contributed by atoms with Crippen molar-refractivity contribution in [2.75, 3.05) is 38.1 Å². The van der Waals surface area contributed by atoms with Gasteiger partial charge in [-0.25, -0.2) is 4.39 Å². The number of hydrogen-bond acceptors (Lipinski definition) is 2. The molecule has 1 heterocycles. The van der Waals surface area contributed by atoms with Crippen LogP contribution < -0.4 is 4.90 Å². The van der Waals surface area contributed by atoms with Crippen LogP contribution in [0.5, 0.6) is 0 Å². The Morgan fingerprint density at radius 2 is 1.62 bits per heavy atom. The summed E-state index contributed by atoms with van der Waals surface area (Å²) in [5, 5.41) is 0. The van der Waals surface area contributed by atoms with Crippen molar-refractivity contribution in [3.05, 3.63) is 29.8 Å². The minimum Gasteiger partial charge on any atom is -0.369 e. The Morgan fingerprint density at radius 1 is 1.06 bits per heavy atom. The van der Waals surface area contributed by atoms with Gasteiger partial charge in [0.1, 0.15) is 6.17 Å². The highest BCUT2D eigenvalue weighted by Crippen LogP contribution is 2.21. The molecule has 3 heteroatoms. The van der Waals surface area contributed by atoms with Crippen LogP contribution in [0.4, 0.5) is 10.1 Å². The molecule has 2 nitrogen and oxygen atoms in total. The van der Waals surface area contributed by atoms with E-state index in [9.17, 15) is 4.39 Å². The number of halogens is 1. The molecule has 1 unspecified atom stereocenters. The number of rotatable bonds is 2. The third-order valence-corrected chi connectivity index (χ3v) is 3.22. The highest BCUT2D eigenvalue weighted by molar-refractivity contribution is 5.48. The molecule has 1 atom stereocenters. The topological polar surface area (TPSA) is 6.48 Å². The molecule has 16 heavy (non-hydrogen) atoms. The zero-order valence-corrected chi connectivity index (χ0v) is 9.99.